The first kappa shape index (κ1) is 19.5. The number of likely N-dealkylation sites (tertiary alicyclic amines) is 1. The van der Waals surface area contributed by atoms with E-state index in [4.69, 9.17) is 11.0 Å². The second-order valence-corrected chi connectivity index (χ2v) is 6.54. The monoisotopic (exact) mass is 353 g/mol. The highest BCUT2D eigenvalue weighted by Crippen LogP contribution is 2.34. The highest BCUT2D eigenvalue weighted by molar-refractivity contribution is 5.95. The Morgan fingerprint density at radius 2 is 2.04 bits per heavy atom. The standard InChI is InChI=1S/C21H24FN3O/c1-4-17(14-23)7-6-16(3)21(22)9-11-25(12-10-21)20(26)18-8-5-15(2)19(24)13-18/h4-8,13H,3,9-12,24H2,1-2H3/b7-6-,17-4+. The van der Waals surface area contributed by atoms with Crippen molar-refractivity contribution < 1.29 is 9.18 Å². The molecule has 0 saturated carbocycles. The molecule has 4 nitrogen and oxygen atoms in total. The van der Waals surface area contributed by atoms with E-state index >= 15 is 4.39 Å². The molecular formula is C21H24FN3O. The van der Waals surface area contributed by atoms with Crippen molar-refractivity contribution in [3.63, 3.8) is 0 Å². The quantitative estimate of drug-likeness (QED) is 0.503. The van der Waals surface area contributed by atoms with Crippen molar-refractivity contribution in [2.75, 3.05) is 18.8 Å². The van der Waals surface area contributed by atoms with Gasteiger partial charge in [0.15, 0.2) is 0 Å². The average molecular weight is 353 g/mol. The van der Waals surface area contributed by atoms with Crippen LogP contribution in [0.25, 0.3) is 0 Å². The van der Waals surface area contributed by atoms with Crippen LogP contribution in [0.1, 0.15) is 35.7 Å². The van der Waals surface area contributed by atoms with Crippen LogP contribution in [0.5, 0.6) is 0 Å². The molecule has 0 bridgehead atoms. The Bertz CT molecular complexity index is 809. The zero-order chi connectivity index (χ0) is 19.3. The van der Waals surface area contributed by atoms with Gasteiger partial charge < -0.3 is 10.6 Å². The van der Waals surface area contributed by atoms with Crippen molar-refractivity contribution in [1.82, 2.24) is 4.90 Å². The molecule has 0 atom stereocenters. The fourth-order valence-corrected chi connectivity index (χ4v) is 2.88. The number of anilines is 1. The second kappa shape index (κ2) is 8.01. The maximum Gasteiger partial charge on any atom is 0.253 e. The molecule has 0 aliphatic carbocycles. The van der Waals surface area contributed by atoms with Crippen LogP contribution in [0.15, 0.2) is 54.2 Å². The van der Waals surface area contributed by atoms with Gasteiger partial charge in [0, 0.05) is 42.8 Å². The van der Waals surface area contributed by atoms with Gasteiger partial charge in [-0.05, 0) is 43.2 Å². The molecular weight excluding hydrogens is 329 g/mol. The Kier molecular flexibility index (Phi) is 5.99. The second-order valence-electron chi connectivity index (χ2n) is 6.54. The van der Waals surface area contributed by atoms with E-state index in [9.17, 15) is 4.79 Å². The van der Waals surface area contributed by atoms with E-state index in [-0.39, 0.29) is 18.7 Å². The summed E-state index contributed by atoms with van der Waals surface area (Å²) in [5.74, 6) is -0.138. The van der Waals surface area contributed by atoms with Gasteiger partial charge in [-0.3, -0.25) is 4.79 Å². The number of nitriles is 1. The number of hydrogen-bond donors (Lipinski definition) is 1. The van der Waals surface area contributed by atoms with Crippen molar-refractivity contribution >= 4 is 11.6 Å². The summed E-state index contributed by atoms with van der Waals surface area (Å²) in [7, 11) is 0. The molecule has 136 valence electrons. The molecule has 1 aliphatic rings. The maximum absolute atomic E-state index is 15.2. The number of nitrogens with zero attached hydrogens (tertiary/aromatic N) is 2. The third kappa shape index (κ3) is 4.20. The number of benzene rings is 1. The number of carbonyl (C=O) groups is 1. The summed E-state index contributed by atoms with van der Waals surface area (Å²) in [4.78, 5) is 14.2. The van der Waals surface area contributed by atoms with E-state index in [0.29, 0.717) is 35.5 Å². The van der Waals surface area contributed by atoms with E-state index in [1.165, 1.54) is 0 Å². The van der Waals surface area contributed by atoms with Gasteiger partial charge >= 0.3 is 0 Å². The Labute approximate surface area is 154 Å². The molecule has 2 N–H and O–H groups in total. The fraction of sp³-hybridized carbons (Fsp3) is 0.333. The van der Waals surface area contributed by atoms with Gasteiger partial charge in [0.05, 0.1) is 6.07 Å². The summed E-state index contributed by atoms with van der Waals surface area (Å²) in [6.07, 6.45) is 5.14. The van der Waals surface area contributed by atoms with E-state index < -0.39 is 5.67 Å². The molecule has 1 saturated heterocycles. The van der Waals surface area contributed by atoms with E-state index in [1.807, 2.05) is 19.1 Å². The maximum atomic E-state index is 15.2. The van der Waals surface area contributed by atoms with Crippen LogP contribution in [0, 0.1) is 18.3 Å². The first-order valence-corrected chi connectivity index (χ1v) is 8.59. The van der Waals surface area contributed by atoms with E-state index in [1.54, 1.807) is 42.2 Å². The first-order valence-electron chi connectivity index (χ1n) is 8.59. The Balaban J connectivity index is 2.03. The van der Waals surface area contributed by atoms with Crippen LogP contribution < -0.4 is 5.73 Å². The average Bonchev–Trinajstić information content (AvgIpc) is 2.64. The summed E-state index contributed by atoms with van der Waals surface area (Å²) in [5.41, 5.74) is 7.11. The molecule has 1 fully saturated rings. The molecule has 1 aliphatic heterocycles. The lowest BCUT2D eigenvalue weighted by molar-refractivity contribution is 0.0558. The largest absolute Gasteiger partial charge is 0.398 e. The third-order valence-corrected chi connectivity index (χ3v) is 4.85. The fourth-order valence-electron chi connectivity index (χ4n) is 2.88. The van der Waals surface area contributed by atoms with Gasteiger partial charge in [-0.2, -0.15) is 5.26 Å². The molecule has 1 amide bonds. The lowest BCUT2D eigenvalue weighted by atomic mass is 9.86. The Hall–Kier alpha value is -2.87. The number of allylic oxidation sites excluding steroid dienone is 5. The number of amides is 1. The van der Waals surface area contributed by atoms with E-state index in [2.05, 4.69) is 6.58 Å². The zero-order valence-electron chi connectivity index (χ0n) is 15.3. The first-order chi connectivity index (χ1) is 12.3. The minimum absolute atomic E-state index is 0.138. The molecule has 2 rings (SSSR count). The van der Waals surface area contributed by atoms with Crippen molar-refractivity contribution in [1.29, 1.82) is 5.26 Å². The number of aryl methyl sites for hydroxylation is 1. The van der Waals surface area contributed by atoms with Crippen molar-refractivity contribution in [3.05, 3.63) is 65.3 Å². The Morgan fingerprint density at radius 1 is 1.38 bits per heavy atom. The molecule has 0 unspecified atom stereocenters. The summed E-state index contributed by atoms with van der Waals surface area (Å²) < 4.78 is 15.2. The smallest absolute Gasteiger partial charge is 0.253 e. The Morgan fingerprint density at radius 3 is 2.58 bits per heavy atom. The topological polar surface area (TPSA) is 70.1 Å². The summed E-state index contributed by atoms with van der Waals surface area (Å²) in [6.45, 7) is 8.07. The molecule has 1 aromatic carbocycles. The number of hydrogen-bond acceptors (Lipinski definition) is 3. The number of nitrogen functional groups attached to an aromatic ring is 1. The molecule has 0 radical (unpaired) electrons. The number of piperidine rings is 1. The molecule has 1 aromatic rings. The third-order valence-electron chi connectivity index (χ3n) is 4.85. The zero-order valence-corrected chi connectivity index (χ0v) is 15.3. The van der Waals surface area contributed by atoms with Crippen LogP contribution in [-0.2, 0) is 0 Å². The predicted molar refractivity (Wildman–Crippen MR) is 102 cm³/mol. The van der Waals surface area contributed by atoms with Crippen LogP contribution in [0.4, 0.5) is 10.1 Å². The lowest BCUT2D eigenvalue weighted by Gasteiger charge is -2.37. The van der Waals surface area contributed by atoms with E-state index in [0.717, 1.165) is 5.56 Å². The van der Waals surface area contributed by atoms with Crippen LogP contribution in [0.3, 0.4) is 0 Å². The van der Waals surface area contributed by atoms with Crippen LogP contribution in [-0.4, -0.2) is 29.6 Å². The molecule has 0 aromatic heterocycles. The highest BCUT2D eigenvalue weighted by atomic mass is 19.1. The van der Waals surface area contributed by atoms with Crippen molar-refractivity contribution in [2.45, 2.75) is 32.4 Å². The van der Waals surface area contributed by atoms with Crippen LogP contribution in [0.2, 0.25) is 0 Å². The molecule has 0 spiro atoms. The van der Waals surface area contributed by atoms with Gasteiger partial charge in [0.25, 0.3) is 5.91 Å². The van der Waals surface area contributed by atoms with Crippen LogP contribution >= 0.6 is 0 Å². The summed E-state index contributed by atoms with van der Waals surface area (Å²) in [5, 5.41) is 8.91. The minimum Gasteiger partial charge on any atom is -0.398 e. The van der Waals surface area contributed by atoms with Gasteiger partial charge in [0.2, 0.25) is 0 Å². The molecule has 1 heterocycles. The van der Waals surface area contributed by atoms with Gasteiger partial charge in [-0.25, -0.2) is 4.39 Å². The number of carbonyl (C=O) groups excluding carboxylic acids is 1. The number of nitrogens with two attached hydrogens (primary N) is 1. The lowest BCUT2D eigenvalue weighted by Crippen LogP contribution is -2.45. The normalized spacial score (nSPS) is 17.2. The van der Waals surface area contributed by atoms with Gasteiger partial charge in [-0.15, -0.1) is 0 Å². The number of alkyl halides is 1. The van der Waals surface area contributed by atoms with Gasteiger partial charge in [0.1, 0.15) is 5.67 Å². The van der Waals surface area contributed by atoms with Crippen molar-refractivity contribution in [3.8, 4) is 6.07 Å². The molecule has 26 heavy (non-hydrogen) atoms. The van der Waals surface area contributed by atoms with Gasteiger partial charge in [-0.1, -0.05) is 24.8 Å². The minimum atomic E-state index is -1.56. The summed E-state index contributed by atoms with van der Waals surface area (Å²) in [6, 6.07) is 7.24. The predicted octanol–water partition coefficient (Wildman–Crippen LogP) is 4.10. The van der Waals surface area contributed by atoms with Crippen molar-refractivity contribution in [2.24, 2.45) is 0 Å². The summed E-state index contributed by atoms with van der Waals surface area (Å²) >= 11 is 0. The highest BCUT2D eigenvalue weighted by Gasteiger charge is 2.37. The number of halogens is 1. The SMILES string of the molecule is C=C(/C=C\C(C#N)=C/C)C1(F)CCN(C(=O)c2ccc(C)c(N)c2)CC1. The molecule has 5 heteroatoms. The number of rotatable bonds is 4.